The van der Waals surface area contributed by atoms with E-state index in [9.17, 15) is 0 Å². The molecule has 0 amide bonds. The second kappa shape index (κ2) is 7.50. The fourth-order valence-corrected chi connectivity index (χ4v) is 2.79. The van der Waals surface area contributed by atoms with Gasteiger partial charge in [-0.3, -0.25) is 0 Å². The van der Waals surface area contributed by atoms with Crippen LogP contribution >= 0.6 is 0 Å². The standard InChI is InChI=1S/C16H25N/c1-2-5-9-15(8-4-1)12-13-17-14-16-10-6-3-7-11-16/h3,6-7,10-11,15,17H,1-2,4-5,8-9,12-14H2. The van der Waals surface area contributed by atoms with E-state index in [2.05, 4.69) is 35.6 Å². The number of hydrogen-bond donors (Lipinski definition) is 1. The van der Waals surface area contributed by atoms with E-state index in [-0.39, 0.29) is 0 Å². The molecule has 1 heteroatoms. The zero-order valence-corrected chi connectivity index (χ0v) is 10.8. The van der Waals surface area contributed by atoms with E-state index >= 15 is 0 Å². The summed E-state index contributed by atoms with van der Waals surface area (Å²) >= 11 is 0. The maximum absolute atomic E-state index is 3.57. The fraction of sp³-hybridized carbons (Fsp3) is 0.625. The third kappa shape index (κ3) is 4.91. The minimum atomic E-state index is 0.987. The first-order valence-corrected chi connectivity index (χ1v) is 7.20. The maximum atomic E-state index is 3.57. The normalized spacial score (nSPS) is 17.9. The number of hydrogen-bond acceptors (Lipinski definition) is 1. The first-order chi connectivity index (χ1) is 8.45. The molecule has 1 aliphatic carbocycles. The van der Waals surface area contributed by atoms with Crippen molar-refractivity contribution >= 4 is 0 Å². The lowest BCUT2D eigenvalue weighted by Crippen LogP contribution is -2.17. The molecule has 0 radical (unpaired) electrons. The summed E-state index contributed by atoms with van der Waals surface area (Å²) in [6, 6.07) is 10.7. The molecule has 1 nitrogen and oxygen atoms in total. The van der Waals surface area contributed by atoms with Crippen LogP contribution in [0.3, 0.4) is 0 Å². The van der Waals surface area contributed by atoms with E-state index in [0.29, 0.717) is 0 Å². The lowest BCUT2D eigenvalue weighted by Gasteiger charge is -2.14. The third-order valence-corrected chi connectivity index (χ3v) is 3.88. The number of nitrogens with one attached hydrogen (secondary N) is 1. The van der Waals surface area contributed by atoms with Crippen LogP contribution in [0.15, 0.2) is 30.3 Å². The number of benzene rings is 1. The average molecular weight is 231 g/mol. The summed E-state index contributed by atoms with van der Waals surface area (Å²) in [6.07, 6.45) is 10.2. The molecule has 0 heterocycles. The van der Waals surface area contributed by atoms with Gasteiger partial charge in [-0.15, -0.1) is 0 Å². The Kier molecular flexibility index (Phi) is 5.57. The summed E-state index contributed by atoms with van der Waals surface area (Å²) in [6.45, 7) is 2.20. The monoisotopic (exact) mass is 231 g/mol. The van der Waals surface area contributed by atoms with E-state index in [0.717, 1.165) is 12.5 Å². The van der Waals surface area contributed by atoms with Gasteiger partial charge in [0.25, 0.3) is 0 Å². The van der Waals surface area contributed by atoms with Crippen LogP contribution < -0.4 is 5.32 Å². The van der Waals surface area contributed by atoms with Gasteiger partial charge in [-0.1, -0.05) is 68.9 Å². The van der Waals surface area contributed by atoms with Crippen LogP contribution in [0.4, 0.5) is 0 Å². The zero-order chi connectivity index (χ0) is 11.8. The molecule has 1 N–H and O–H groups in total. The van der Waals surface area contributed by atoms with Gasteiger partial charge in [-0.2, -0.15) is 0 Å². The van der Waals surface area contributed by atoms with Crippen molar-refractivity contribution in [2.75, 3.05) is 6.54 Å². The van der Waals surface area contributed by atoms with Crippen LogP contribution in [-0.2, 0) is 6.54 Å². The van der Waals surface area contributed by atoms with Gasteiger partial charge in [-0.25, -0.2) is 0 Å². The molecule has 0 saturated heterocycles. The smallest absolute Gasteiger partial charge is 0.0205 e. The average Bonchev–Trinajstić information content (AvgIpc) is 2.65. The van der Waals surface area contributed by atoms with Gasteiger partial charge in [-0.05, 0) is 24.4 Å². The molecule has 0 bridgehead atoms. The molecule has 0 unspecified atom stereocenters. The van der Waals surface area contributed by atoms with Crippen LogP contribution in [0.1, 0.15) is 50.5 Å². The summed E-state index contributed by atoms with van der Waals surface area (Å²) in [5.41, 5.74) is 1.40. The quantitative estimate of drug-likeness (QED) is 0.593. The van der Waals surface area contributed by atoms with Crippen molar-refractivity contribution in [2.45, 2.75) is 51.5 Å². The molecular weight excluding hydrogens is 206 g/mol. The van der Waals surface area contributed by atoms with E-state index in [1.807, 2.05) is 0 Å². The molecule has 0 spiro atoms. The van der Waals surface area contributed by atoms with Crippen LogP contribution in [0.25, 0.3) is 0 Å². The van der Waals surface area contributed by atoms with Gasteiger partial charge in [0.2, 0.25) is 0 Å². The molecule has 0 atom stereocenters. The van der Waals surface area contributed by atoms with E-state index < -0.39 is 0 Å². The Morgan fingerprint density at radius 3 is 2.35 bits per heavy atom. The van der Waals surface area contributed by atoms with Crippen molar-refractivity contribution in [1.29, 1.82) is 0 Å². The largest absolute Gasteiger partial charge is 0.313 e. The highest BCUT2D eigenvalue weighted by atomic mass is 14.8. The predicted octanol–water partition coefficient (Wildman–Crippen LogP) is 4.14. The second-order valence-electron chi connectivity index (χ2n) is 5.31. The summed E-state index contributed by atoms with van der Waals surface area (Å²) in [7, 11) is 0. The molecule has 1 aromatic rings. The molecule has 1 aliphatic rings. The summed E-state index contributed by atoms with van der Waals surface area (Å²) < 4.78 is 0. The molecule has 0 aliphatic heterocycles. The highest BCUT2D eigenvalue weighted by Crippen LogP contribution is 2.24. The zero-order valence-electron chi connectivity index (χ0n) is 10.8. The van der Waals surface area contributed by atoms with E-state index in [4.69, 9.17) is 0 Å². The minimum absolute atomic E-state index is 0.987. The first-order valence-electron chi connectivity index (χ1n) is 7.20. The third-order valence-electron chi connectivity index (χ3n) is 3.88. The summed E-state index contributed by atoms with van der Waals surface area (Å²) in [4.78, 5) is 0. The van der Waals surface area contributed by atoms with Crippen molar-refractivity contribution < 1.29 is 0 Å². The van der Waals surface area contributed by atoms with E-state index in [1.54, 1.807) is 0 Å². The lowest BCUT2D eigenvalue weighted by atomic mass is 9.97. The SMILES string of the molecule is c1ccc(CNCCC2CCCCCC2)cc1. The predicted molar refractivity (Wildman–Crippen MR) is 74.0 cm³/mol. The molecule has 1 fully saturated rings. The Morgan fingerprint density at radius 1 is 0.941 bits per heavy atom. The highest BCUT2D eigenvalue weighted by Gasteiger charge is 2.11. The van der Waals surface area contributed by atoms with Crippen molar-refractivity contribution in [2.24, 2.45) is 5.92 Å². The fourth-order valence-electron chi connectivity index (χ4n) is 2.79. The van der Waals surface area contributed by atoms with Crippen molar-refractivity contribution in [3.05, 3.63) is 35.9 Å². The first kappa shape index (κ1) is 12.6. The highest BCUT2D eigenvalue weighted by molar-refractivity contribution is 5.14. The Bertz CT molecular complexity index is 286. The summed E-state index contributed by atoms with van der Waals surface area (Å²) in [5, 5.41) is 3.57. The van der Waals surface area contributed by atoms with Crippen molar-refractivity contribution in [1.82, 2.24) is 5.32 Å². The molecule has 2 rings (SSSR count). The van der Waals surface area contributed by atoms with Crippen LogP contribution in [0.5, 0.6) is 0 Å². The molecule has 1 aromatic carbocycles. The van der Waals surface area contributed by atoms with Crippen LogP contribution in [-0.4, -0.2) is 6.54 Å². The van der Waals surface area contributed by atoms with Gasteiger partial charge < -0.3 is 5.32 Å². The van der Waals surface area contributed by atoms with Crippen molar-refractivity contribution in [3.63, 3.8) is 0 Å². The lowest BCUT2D eigenvalue weighted by molar-refractivity contribution is 0.415. The van der Waals surface area contributed by atoms with Gasteiger partial charge >= 0.3 is 0 Å². The Balaban J connectivity index is 1.59. The molecule has 1 saturated carbocycles. The second-order valence-corrected chi connectivity index (χ2v) is 5.31. The molecule has 17 heavy (non-hydrogen) atoms. The topological polar surface area (TPSA) is 12.0 Å². The van der Waals surface area contributed by atoms with Gasteiger partial charge in [0.1, 0.15) is 0 Å². The number of rotatable bonds is 5. The van der Waals surface area contributed by atoms with Crippen LogP contribution in [0, 0.1) is 5.92 Å². The van der Waals surface area contributed by atoms with Gasteiger partial charge in [0.05, 0.1) is 0 Å². The van der Waals surface area contributed by atoms with E-state index in [1.165, 1.54) is 57.1 Å². The van der Waals surface area contributed by atoms with Gasteiger partial charge in [0, 0.05) is 6.54 Å². The molecular formula is C16H25N. The summed E-state index contributed by atoms with van der Waals surface area (Å²) in [5.74, 6) is 0.987. The maximum Gasteiger partial charge on any atom is 0.0205 e. The molecule has 94 valence electrons. The Labute approximate surface area is 106 Å². The van der Waals surface area contributed by atoms with Crippen LogP contribution in [0.2, 0.25) is 0 Å². The molecule has 0 aromatic heterocycles. The van der Waals surface area contributed by atoms with Gasteiger partial charge in [0.15, 0.2) is 0 Å². The Hall–Kier alpha value is -0.820. The Morgan fingerprint density at radius 2 is 1.65 bits per heavy atom. The van der Waals surface area contributed by atoms with Crippen molar-refractivity contribution in [3.8, 4) is 0 Å². The minimum Gasteiger partial charge on any atom is -0.313 e.